The van der Waals surface area contributed by atoms with Crippen molar-refractivity contribution in [3.05, 3.63) is 42.2 Å². The third-order valence-corrected chi connectivity index (χ3v) is 2.85. The summed E-state index contributed by atoms with van der Waals surface area (Å²) in [6.07, 6.45) is 2.46. The second-order valence-electron chi connectivity index (χ2n) is 4.20. The quantitative estimate of drug-likeness (QED) is 0.657. The molecule has 6 nitrogen and oxygen atoms in total. The molecule has 1 aromatic carbocycles. The lowest BCUT2D eigenvalue weighted by Gasteiger charge is -2.05. The van der Waals surface area contributed by atoms with Gasteiger partial charge in [0.2, 0.25) is 5.95 Å². The highest BCUT2D eigenvalue weighted by Crippen LogP contribution is 2.15. The lowest BCUT2D eigenvalue weighted by Crippen LogP contribution is -2.09. The number of nitrogens with two attached hydrogens (primary N) is 1. The van der Waals surface area contributed by atoms with Crippen molar-refractivity contribution in [2.45, 2.75) is 6.42 Å². The van der Waals surface area contributed by atoms with Crippen LogP contribution >= 0.6 is 0 Å². The molecule has 2 heterocycles. The SMILES string of the molecule is Nc1nc(NCCc2ccccc2)nc2nc[nH]c12. The van der Waals surface area contributed by atoms with Crippen LogP contribution in [0.2, 0.25) is 0 Å². The van der Waals surface area contributed by atoms with E-state index >= 15 is 0 Å². The molecule has 6 heteroatoms. The molecule has 2 aromatic heterocycles. The molecular formula is C13H14N6. The summed E-state index contributed by atoms with van der Waals surface area (Å²) in [5.41, 5.74) is 8.34. The number of nitrogens with zero attached hydrogens (tertiary/aromatic N) is 3. The van der Waals surface area contributed by atoms with Crippen LogP contribution in [0.15, 0.2) is 36.7 Å². The number of nitrogens with one attached hydrogen (secondary N) is 2. The van der Waals surface area contributed by atoms with Gasteiger partial charge < -0.3 is 16.0 Å². The van der Waals surface area contributed by atoms with Crippen LogP contribution in [0.3, 0.4) is 0 Å². The van der Waals surface area contributed by atoms with E-state index in [2.05, 4.69) is 37.4 Å². The van der Waals surface area contributed by atoms with Gasteiger partial charge in [0.05, 0.1) is 6.33 Å². The standard InChI is InChI=1S/C13H14N6/c14-11-10-12(17-8-16-10)19-13(18-11)15-7-6-9-4-2-1-3-5-9/h1-5,8H,6-7H2,(H4,14,15,16,17,18,19). The Morgan fingerprint density at radius 3 is 2.84 bits per heavy atom. The van der Waals surface area contributed by atoms with E-state index in [1.54, 1.807) is 6.33 Å². The Bertz CT molecular complexity index is 676. The van der Waals surface area contributed by atoms with Crippen molar-refractivity contribution in [3.8, 4) is 0 Å². The van der Waals surface area contributed by atoms with Gasteiger partial charge in [0.1, 0.15) is 5.52 Å². The fraction of sp³-hybridized carbons (Fsp3) is 0.154. The van der Waals surface area contributed by atoms with Crippen molar-refractivity contribution in [1.29, 1.82) is 0 Å². The fourth-order valence-electron chi connectivity index (χ4n) is 1.90. The zero-order valence-electron chi connectivity index (χ0n) is 10.3. The maximum Gasteiger partial charge on any atom is 0.226 e. The molecule has 3 aromatic rings. The molecule has 19 heavy (non-hydrogen) atoms. The number of benzene rings is 1. The molecule has 96 valence electrons. The molecule has 0 fully saturated rings. The van der Waals surface area contributed by atoms with Crippen LogP contribution in [-0.4, -0.2) is 26.5 Å². The number of H-pyrrole nitrogens is 1. The number of rotatable bonds is 4. The van der Waals surface area contributed by atoms with Crippen molar-refractivity contribution >= 4 is 22.9 Å². The van der Waals surface area contributed by atoms with E-state index in [1.807, 2.05) is 18.2 Å². The van der Waals surface area contributed by atoms with Gasteiger partial charge in [0.15, 0.2) is 11.5 Å². The Morgan fingerprint density at radius 2 is 2.00 bits per heavy atom. The van der Waals surface area contributed by atoms with E-state index in [0.29, 0.717) is 22.9 Å². The molecule has 0 aliphatic heterocycles. The average Bonchev–Trinajstić information content (AvgIpc) is 2.89. The fourth-order valence-corrected chi connectivity index (χ4v) is 1.90. The number of hydrogen-bond donors (Lipinski definition) is 3. The van der Waals surface area contributed by atoms with Crippen LogP contribution in [0, 0.1) is 0 Å². The van der Waals surface area contributed by atoms with Crippen LogP contribution in [0.25, 0.3) is 11.2 Å². The highest BCUT2D eigenvalue weighted by molar-refractivity contribution is 5.82. The number of anilines is 2. The van der Waals surface area contributed by atoms with Crippen molar-refractivity contribution in [2.24, 2.45) is 0 Å². The first-order valence-electron chi connectivity index (χ1n) is 6.07. The zero-order chi connectivity index (χ0) is 13.1. The highest BCUT2D eigenvalue weighted by atomic mass is 15.2. The van der Waals surface area contributed by atoms with Crippen molar-refractivity contribution in [3.63, 3.8) is 0 Å². The van der Waals surface area contributed by atoms with Gasteiger partial charge in [0, 0.05) is 6.54 Å². The molecule has 0 atom stereocenters. The molecule has 3 rings (SSSR count). The van der Waals surface area contributed by atoms with Crippen LogP contribution in [0.4, 0.5) is 11.8 Å². The van der Waals surface area contributed by atoms with Crippen molar-refractivity contribution in [1.82, 2.24) is 19.9 Å². The minimum atomic E-state index is 0.407. The number of imidazole rings is 1. The second-order valence-corrected chi connectivity index (χ2v) is 4.20. The molecule has 0 spiro atoms. The maximum absolute atomic E-state index is 5.82. The number of hydrogen-bond acceptors (Lipinski definition) is 5. The van der Waals surface area contributed by atoms with Crippen LogP contribution in [0.5, 0.6) is 0 Å². The second kappa shape index (κ2) is 4.93. The Morgan fingerprint density at radius 1 is 1.16 bits per heavy atom. The van der Waals surface area contributed by atoms with Gasteiger partial charge in [-0.1, -0.05) is 30.3 Å². The third kappa shape index (κ3) is 2.47. The molecule has 0 saturated carbocycles. The normalized spacial score (nSPS) is 10.7. The van der Waals surface area contributed by atoms with Gasteiger partial charge >= 0.3 is 0 Å². The Balaban J connectivity index is 1.68. The van der Waals surface area contributed by atoms with Crippen molar-refractivity contribution < 1.29 is 0 Å². The predicted molar refractivity (Wildman–Crippen MR) is 74.7 cm³/mol. The molecule has 0 bridgehead atoms. The summed E-state index contributed by atoms with van der Waals surface area (Å²) >= 11 is 0. The van der Waals surface area contributed by atoms with Gasteiger partial charge in [0.25, 0.3) is 0 Å². The van der Waals surface area contributed by atoms with Crippen LogP contribution < -0.4 is 11.1 Å². The number of aromatic amines is 1. The zero-order valence-corrected chi connectivity index (χ0v) is 10.3. The topological polar surface area (TPSA) is 92.5 Å². The van der Waals surface area contributed by atoms with Crippen LogP contribution in [0.1, 0.15) is 5.56 Å². The number of aromatic nitrogens is 4. The first-order valence-corrected chi connectivity index (χ1v) is 6.07. The van der Waals surface area contributed by atoms with E-state index in [-0.39, 0.29) is 0 Å². The number of fused-ring (bicyclic) bond motifs is 1. The Labute approximate surface area is 110 Å². The van der Waals surface area contributed by atoms with Gasteiger partial charge in [-0.3, -0.25) is 0 Å². The summed E-state index contributed by atoms with van der Waals surface area (Å²) < 4.78 is 0. The number of nitrogen functional groups attached to an aromatic ring is 1. The van der Waals surface area contributed by atoms with E-state index in [0.717, 1.165) is 13.0 Å². The van der Waals surface area contributed by atoms with E-state index < -0.39 is 0 Å². The van der Waals surface area contributed by atoms with Gasteiger partial charge in [-0.05, 0) is 12.0 Å². The summed E-state index contributed by atoms with van der Waals surface area (Å²) in [7, 11) is 0. The average molecular weight is 254 g/mol. The first kappa shape index (κ1) is 11.5. The minimum absolute atomic E-state index is 0.407. The minimum Gasteiger partial charge on any atom is -0.382 e. The van der Waals surface area contributed by atoms with Crippen molar-refractivity contribution in [2.75, 3.05) is 17.6 Å². The molecule has 0 unspecified atom stereocenters. The monoisotopic (exact) mass is 254 g/mol. The summed E-state index contributed by atoms with van der Waals surface area (Å²) in [4.78, 5) is 15.5. The largest absolute Gasteiger partial charge is 0.382 e. The first-order chi connectivity index (χ1) is 9.33. The molecule has 0 aliphatic carbocycles. The molecule has 0 aliphatic rings. The maximum atomic E-state index is 5.82. The lowest BCUT2D eigenvalue weighted by molar-refractivity contribution is 0.990. The Kier molecular flexibility index (Phi) is 2.97. The molecule has 0 amide bonds. The summed E-state index contributed by atoms with van der Waals surface area (Å²) in [6, 6.07) is 10.2. The van der Waals surface area contributed by atoms with E-state index in [9.17, 15) is 0 Å². The predicted octanol–water partition coefficient (Wildman–Crippen LogP) is 1.59. The third-order valence-electron chi connectivity index (χ3n) is 2.85. The van der Waals surface area contributed by atoms with Gasteiger partial charge in [-0.2, -0.15) is 9.97 Å². The molecular weight excluding hydrogens is 240 g/mol. The summed E-state index contributed by atoms with van der Waals surface area (Å²) in [5, 5.41) is 3.16. The van der Waals surface area contributed by atoms with Gasteiger partial charge in [-0.25, -0.2) is 4.98 Å². The lowest BCUT2D eigenvalue weighted by atomic mass is 10.1. The smallest absolute Gasteiger partial charge is 0.226 e. The van der Waals surface area contributed by atoms with Gasteiger partial charge in [-0.15, -0.1) is 0 Å². The molecule has 0 radical (unpaired) electrons. The highest BCUT2D eigenvalue weighted by Gasteiger charge is 2.06. The molecule has 4 N–H and O–H groups in total. The van der Waals surface area contributed by atoms with Crippen LogP contribution in [-0.2, 0) is 6.42 Å². The van der Waals surface area contributed by atoms with E-state index in [4.69, 9.17) is 5.73 Å². The molecule has 0 saturated heterocycles. The summed E-state index contributed by atoms with van der Waals surface area (Å²) in [5.74, 6) is 0.915. The Hall–Kier alpha value is -2.63. The van der Waals surface area contributed by atoms with E-state index in [1.165, 1.54) is 5.56 Å². The summed E-state index contributed by atoms with van der Waals surface area (Å²) in [6.45, 7) is 0.749.